The van der Waals surface area contributed by atoms with E-state index < -0.39 is 10.0 Å². The molecule has 7 nitrogen and oxygen atoms in total. The van der Waals surface area contributed by atoms with Gasteiger partial charge in [-0.3, -0.25) is 4.98 Å². The van der Waals surface area contributed by atoms with Gasteiger partial charge in [-0.1, -0.05) is 18.2 Å². The van der Waals surface area contributed by atoms with Gasteiger partial charge in [0.15, 0.2) is 5.03 Å². The van der Waals surface area contributed by atoms with E-state index in [4.69, 9.17) is 9.72 Å². The minimum atomic E-state index is -3.60. The summed E-state index contributed by atoms with van der Waals surface area (Å²) in [5.74, 6) is 0.827. The van der Waals surface area contributed by atoms with E-state index in [1.165, 1.54) is 10.6 Å². The first kappa shape index (κ1) is 19.6. The molecule has 8 heteroatoms. The molecule has 0 aliphatic carbocycles. The van der Waals surface area contributed by atoms with Gasteiger partial charge in [0.1, 0.15) is 5.75 Å². The van der Waals surface area contributed by atoms with E-state index in [-0.39, 0.29) is 10.9 Å². The van der Waals surface area contributed by atoms with Crippen molar-refractivity contribution in [2.24, 2.45) is 7.05 Å². The van der Waals surface area contributed by atoms with Crippen molar-refractivity contribution in [1.29, 1.82) is 0 Å². The van der Waals surface area contributed by atoms with Crippen LogP contribution in [0, 0.1) is 0 Å². The molecule has 1 aliphatic heterocycles. The highest BCUT2D eigenvalue weighted by atomic mass is 32.2. The highest BCUT2D eigenvalue weighted by Crippen LogP contribution is 2.31. The van der Waals surface area contributed by atoms with Gasteiger partial charge in [0.25, 0.3) is 10.0 Å². The summed E-state index contributed by atoms with van der Waals surface area (Å²) in [6.45, 7) is 0.915. The van der Waals surface area contributed by atoms with Gasteiger partial charge >= 0.3 is 0 Å². The van der Waals surface area contributed by atoms with Crippen molar-refractivity contribution >= 4 is 10.0 Å². The van der Waals surface area contributed by atoms with Gasteiger partial charge in [-0.05, 0) is 37.1 Å². The summed E-state index contributed by atoms with van der Waals surface area (Å²) in [5.41, 5.74) is 2.73. The molecule has 2 aromatic heterocycles. The molecule has 0 spiro atoms. The molecule has 0 N–H and O–H groups in total. The molecule has 29 heavy (non-hydrogen) atoms. The summed E-state index contributed by atoms with van der Waals surface area (Å²) in [6.07, 6.45) is 4.75. The molecule has 0 bridgehead atoms. The Hall–Kier alpha value is -2.71. The van der Waals surface area contributed by atoms with Gasteiger partial charge in [-0.2, -0.15) is 4.31 Å². The maximum absolute atomic E-state index is 13.0. The van der Waals surface area contributed by atoms with Crippen LogP contribution in [0.5, 0.6) is 5.75 Å². The molecule has 1 saturated heterocycles. The number of aromatic nitrogens is 3. The van der Waals surface area contributed by atoms with Crippen LogP contribution in [-0.2, 0) is 17.1 Å². The number of sulfonamides is 1. The number of methoxy groups -OCH3 is 1. The number of piperidine rings is 1. The first-order chi connectivity index (χ1) is 14.0. The molecule has 0 radical (unpaired) electrons. The number of imidazole rings is 1. The van der Waals surface area contributed by atoms with Crippen molar-refractivity contribution in [3.05, 3.63) is 60.7 Å². The van der Waals surface area contributed by atoms with Crippen LogP contribution in [0.15, 0.2) is 60.0 Å². The Kier molecular flexibility index (Phi) is 5.38. The third-order valence-corrected chi connectivity index (χ3v) is 6.97. The standard InChI is InChI=1S/C21H24N4O3S/c1-24-14-21(22-15-24)29(26,27)25-11-5-7-17(13-25)20-10-4-9-19(23-20)16-6-3-8-18(12-16)28-2/h3-4,6,8-10,12,14-15,17H,5,7,11,13H2,1-2H3/t17-/m1/s1. The number of pyridine rings is 1. The van der Waals surface area contributed by atoms with Gasteiger partial charge in [0, 0.05) is 43.5 Å². The second kappa shape index (κ2) is 7.96. The molecule has 3 aromatic rings. The summed E-state index contributed by atoms with van der Waals surface area (Å²) in [7, 11) is -0.193. The fourth-order valence-corrected chi connectivity index (χ4v) is 5.17. The number of hydrogen-bond acceptors (Lipinski definition) is 5. The molecule has 4 rings (SSSR count). The van der Waals surface area contributed by atoms with E-state index in [0.29, 0.717) is 13.1 Å². The number of rotatable bonds is 5. The van der Waals surface area contributed by atoms with E-state index >= 15 is 0 Å². The molecule has 0 amide bonds. The van der Waals surface area contributed by atoms with Gasteiger partial charge in [0.2, 0.25) is 0 Å². The number of benzene rings is 1. The number of ether oxygens (including phenoxy) is 1. The first-order valence-corrected chi connectivity index (χ1v) is 11.0. The van der Waals surface area contributed by atoms with Crippen LogP contribution in [0.3, 0.4) is 0 Å². The molecule has 152 valence electrons. The molecule has 1 aliphatic rings. The Labute approximate surface area is 171 Å². The van der Waals surface area contributed by atoms with Crippen molar-refractivity contribution in [3.8, 4) is 17.0 Å². The summed E-state index contributed by atoms with van der Waals surface area (Å²) in [5, 5.41) is 0.0961. The SMILES string of the molecule is COc1cccc(-c2cccc([C@@H]3CCCN(S(=O)(=O)c4cn(C)cn4)C3)n2)c1. The first-order valence-electron chi connectivity index (χ1n) is 9.57. The number of nitrogens with zero attached hydrogens (tertiary/aromatic N) is 4. The van der Waals surface area contributed by atoms with Gasteiger partial charge in [-0.25, -0.2) is 13.4 Å². The van der Waals surface area contributed by atoms with Crippen molar-refractivity contribution in [3.63, 3.8) is 0 Å². The minimum absolute atomic E-state index is 0.0489. The molecule has 0 unspecified atom stereocenters. The molecule has 0 saturated carbocycles. The van der Waals surface area contributed by atoms with Crippen molar-refractivity contribution < 1.29 is 13.2 Å². The maximum Gasteiger partial charge on any atom is 0.262 e. The lowest BCUT2D eigenvalue weighted by molar-refractivity contribution is 0.312. The van der Waals surface area contributed by atoms with Crippen LogP contribution in [0.4, 0.5) is 0 Å². The fourth-order valence-electron chi connectivity index (χ4n) is 3.68. The zero-order valence-electron chi connectivity index (χ0n) is 16.5. The highest BCUT2D eigenvalue weighted by Gasteiger charge is 2.32. The van der Waals surface area contributed by atoms with E-state index in [9.17, 15) is 8.42 Å². The van der Waals surface area contributed by atoms with E-state index in [1.807, 2.05) is 42.5 Å². The van der Waals surface area contributed by atoms with Crippen LogP contribution in [0.1, 0.15) is 24.5 Å². The Morgan fingerprint density at radius 2 is 2.00 bits per heavy atom. The summed E-state index contributed by atoms with van der Waals surface area (Å²) >= 11 is 0. The van der Waals surface area contributed by atoms with Gasteiger partial charge in [0.05, 0.1) is 19.1 Å². The summed E-state index contributed by atoms with van der Waals surface area (Å²) < 4.78 is 34.4. The van der Waals surface area contributed by atoms with E-state index in [1.54, 1.807) is 24.9 Å². The largest absolute Gasteiger partial charge is 0.497 e. The van der Waals surface area contributed by atoms with Crippen LogP contribution in [-0.4, -0.2) is 47.5 Å². The van der Waals surface area contributed by atoms with Crippen molar-refractivity contribution in [2.45, 2.75) is 23.8 Å². The van der Waals surface area contributed by atoms with Crippen LogP contribution >= 0.6 is 0 Å². The minimum Gasteiger partial charge on any atom is -0.497 e. The Morgan fingerprint density at radius 3 is 2.76 bits per heavy atom. The topological polar surface area (TPSA) is 77.3 Å². The third kappa shape index (κ3) is 4.04. The van der Waals surface area contributed by atoms with Crippen molar-refractivity contribution in [1.82, 2.24) is 18.8 Å². The van der Waals surface area contributed by atoms with E-state index in [0.717, 1.165) is 35.5 Å². The average molecular weight is 413 g/mol. The average Bonchev–Trinajstić information content (AvgIpc) is 3.21. The zero-order chi connectivity index (χ0) is 20.4. The third-order valence-electron chi connectivity index (χ3n) is 5.22. The normalized spacial score (nSPS) is 17.9. The maximum atomic E-state index is 13.0. The summed E-state index contributed by atoms with van der Waals surface area (Å²) in [4.78, 5) is 8.88. The molecule has 1 atom stereocenters. The highest BCUT2D eigenvalue weighted by molar-refractivity contribution is 7.89. The van der Waals surface area contributed by atoms with Crippen LogP contribution < -0.4 is 4.74 Å². The second-order valence-corrected chi connectivity index (χ2v) is 9.14. The fraction of sp³-hybridized carbons (Fsp3) is 0.333. The molecular weight excluding hydrogens is 388 g/mol. The second-order valence-electron chi connectivity index (χ2n) is 7.26. The predicted molar refractivity (Wildman–Crippen MR) is 110 cm³/mol. The Morgan fingerprint density at radius 1 is 1.17 bits per heavy atom. The Bertz CT molecular complexity index is 1110. The van der Waals surface area contributed by atoms with Gasteiger partial charge in [-0.15, -0.1) is 0 Å². The quantitative estimate of drug-likeness (QED) is 0.644. The van der Waals surface area contributed by atoms with Crippen LogP contribution in [0.25, 0.3) is 11.3 Å². The lowest BCUT2D eigenvalue weighted by Gasteiger charge is -2.31. The Balaban J connectivity index is 1.59. The van der Waals surface area contributed by atoms with Gasteiger partial charge < -0.3 is 9.30 Å². The smallest absolute Gasteiger partial charge is 0.262 e. The lowest BCUT2D eigenvalue weighted by atomic mass is 9.95. The molecular formula is C21H24N4O3S. The molecule has 1 aromatic carbocycles. The number of hydrogen-bond donors (Lipinski definition) is 0. The van der Waals surface area contributed by atoms with Crippen LogP contribution in [0.2, 0.25) is 0 Å². The zero-order valence-corrected chi connectivity index (χ0v) is 17.3. The summed E-state index contributed by atoms with van der Waals surface area (Å²) in [6, 6.07) is 13.7. The van der Waals surface area contributed by atoms with Crippen molar-refractivity contribution in [2.75, 3.05) is 20.2 Å². The lowest BCUT2D eigenvalue weighted by Crippen LogP contribution is -2.39. The predicted octanol–water partition coefficient (Wildman–Crippen LogP) is 3.06. The number of aryl methyl sites for hydroxylation is 1. The molecule has 3 heterocycles. The monoisotopic (exact) mass is 412 g/mol. The molecule has 1 fully saturated rings. The van der Waals surface area contributed by atoms with E-state index in [2.05, 4.69) is 4.98 Å².